The Labute approximate surface area is 115 Å². The van der Waals surface area contributed by atoms with E-state index in [-0.39, 0.29) is 16.8 Å². The third-order valence-electron chi connectivity index (χ3n) is 2.86. The number of aromatic nitrogens is 3. The summed E-state index contributed by atoms with van der Waals surface area (Å²) >= 11 is 0. The Morgan fingerprint density at radius 1 is 1.65 bits per heavy atom. The van der Waals surface area contributed by atoms with Gasteiger partial charge in [-0.3, -0.25) is 9.89 Å². The van der Waals surface area contributed by atoms with Crippen LogP contribution in [-0.2, 0) is 11.3 Å². The second-order valence-electron chi connectivity index (χ2n) is 3.99. The van der Waals surface area contributed by atoms with Crippen molar-refractivity contribution in [2.75, 3.05) is 7.11 Å². The lowest BCUT2D eigenvalue weighted by molar-refractivity contribution is -0.896. The maximum atomic E-state index is 11.9. The van der Waals surface area contributed by atoms with E-state index in [9.17, 15) is 10.0 Å². The van der Waals surface area contributed by atoms with E-state index in [0.29, 0.717) is 12.1 Å². The first-order chi connectivity index (χ1) is 9.62. The molecule has 0 unspecified atom stereocenters. The van der Waals surface area contributed by atoms with E-state index in [2.05, 4.69) is 9.84 Å². The van der Waals surface area contributed by atoms with E-state index in [0.717, 1.165) is 4.73 Å². The standard InChI is InChI=1S/C13H13N4O3/c1-3-16-8-10(7-15-16)12-11(13(18)20-2)9(6-14)4-5-17(12)19/h4-5,7-8,19H,3H2,1-2H3/q+1. The van der Waals surface area contributed by atoms with Crippen LogP contribution in [0.5, 0.6) is 0 Å². The molecule has 0 saturated heterocycles. The van der Waals surface area contributed by atoms with Gasteiger partial charge >= 0.3 is 5.97 Å². The van der Waals surface area contributed by atoms with Gasteiger partial charge in [0.25, 0.3) is 5.69 Å². The van der Waals surface area contributed by atoms with Gasteiger partial charge in [0.15, 0.2) is 5.56 Å². The number of pyridine rings is 1. The average Bonchev–Trinajstić information content (AvgIpc) is 2.94. The van der Waals surface area contributed by atoms with Crippen LogP contribution in [-0.4, -0.2) is 28.1 Å². The van der Waals surface area contributed by atoms with Gasteiger partial charge in [-0.2, -0.15) is 10.4 Å². The van der Waals surface area contributed by atoms with Crippen molar-refractivity contribution >= 4 is 5.97 Å². The zero-order valence-corrected chi connectivity index (χ0v) is 11.1. The molecular weight excluding hydrogens is 260 g/mol. The molecule has 7 nitrogen and oxygen atoms in total. The Kier molecular flexibility index (Phi) is 3.66. The number of carbonyl (C=O) groups is 1. The van der Waals surface area contributed by atoms with Crippen LogP contribution in [0.2, 0.25) is 0 Å². The summed E-state index contributed by atoms with van der Waals surface area (Å²) in [6.07, 6.45) is 4.48. The van der Waals surface area contributed by atoms with Crippen LogP contribution in [0.3, 0.4) is 0 Å². The van der Waals surface area contributed by atoms with Gasteiger partial charge in [-0.15, -0.1) is 0 Å². The fourth-order valence-electron chi connectivity index (χ4n) is 1.88. The lowest BCUT2D eigenvalue weighted by atomic mass is 10.0. The molecule has 2 rings (SSSR count). The van der Waals surface area contributed by atoms with Crippen molar-refractivity contribution in [3.63, 3.8) is 0 Å². The molecule has 0 aromatic carbocycles. The molecule has 0 aliphatic carbocycles. The van der Waals surface area contributed by atoms with E-state index in [4.69, 9.17) is 5.26 Å². The smallest absolute Gasteiger partial charge is 0.346 e. The fraction of sp³-hybridized carbons (Fsp3) is 0.231. The summed E-state index contributed by atoms with van der Waals surface area (Å²) in [6.45, 7) is 2.56. The molecule has 0 saturated carbocycles. The minimum absolute atomic E-state index is 0.00986. The van der Waals surface area contributed by atoms with E-state index >= 15 is 0 Å². The molecule has 0 atom stereocenters. The summed E-state index contributed by atoms with van der Waals surface area (Å²) in [5.41, 5.74) is 0.833. The molecule has 2 aromatic heterocycles. The summed E-state index contributed by atoms with van der Waals surface area (Å²) in [4.78, 5) is 11.9. The minimum atomic E-state index is -0.691. The zero-order valence-electron chi connectivity index (χ0n) is 11.1. The topological polar surface area (TPSA) is 92.0 Å². The molecule has 0 radical (unpaired) electrons. The molecule has 1 N–H and O–H groups in total. The highest BCUT2D eigenvalue weighted by Gasteiger charge is 2.29. The van der Waals surface area contributed by atoms with Gasteiger partial charge in [0.05, 0.1) is 24.4 Å². The lowest BCUT2D eigenvalue weighted by Crippen LogP contribution is -2.35. The first-order valence-electron chi connectivity index (χ1n) is 5.91. The van der Waals surface area contributed by atoms with Crippen LogP contribution in [0.25, 0.3) is 11.3 Å². The lowest BCUT2D eigenvalue weighted by Gasteiger charge is -2.03. The number of hydrogen-bond acceptors (Lipinski definition) is 5. The monoisotopic (exact) mass is 273 g/mol. The molecular formula is C13H13N4O3+. The van der Waals surface area contributed by atoms with E-state index in [1.165, 1.54) is 25.6 Å². The number of ether oxygens (including phenoxy) is 1. The second-order valence-corrected chi connectivity index (χ2v) is 3.99. The van der Waals surface area contributed by atoms with Crippen LogP contribution in [0, 0.1) is 11.3 Å². The van der Waals surface area contributed by atoms with Gasteiger partial charge in [-0.05, 0) is 6.92 Å². The Balaban J connectivity index is 2.73. The van der Waals surface area contributed by atoms with Crippen molar-refractivity contribution in [2.24, 2.45) is 0 Å². The summed E-state index contributed by atoms with van der Waals surface area (Å²) in [7, 11) is 1.22. The molecule has 0 amide bonds. The number of hydrogen-bond donors (Lipinski definition) is 1. The summed E-state index contributed by atoms with van der Waals surface area (Å²) in [5, 5.41) is 23.2. The molecule has 2 heterocycles. The molecule has 7 heteroatoms. The summed E-state index contributed by atoms with van der Waals surface area (Å²) in [5.74, 6) is -0.691. The predicted molar refractivity (Wildman–Crippen MR) is 66.8 cm³/mol. The maximum absolute atomic E-state index is 11.9. The van der Waals surface area contributed by atoms with Gasteiger partial charge in [-0.1, -0.05) is 0 Å². The molecule has 2 aromatic rings. The Morgan fingerprint density at radius 3 is 2.95 bits per heavy atom. The van der Waals surface area contributed by atoms with Gasteiger partial charge in [0.1, 0.15) is 6.07 Å². The number of esters is 1. The quantitative estimate of drug-likeness (QED) is 0.506. The SMILES string of the molecule is CCn1cc(-c2c(C(=O)OC)c(C#N)cc[n+]2O)cn1. The maximum Gasteiger partial charge on any atom is 0.346 e. The molecule has 0 fully saturated rings. The van der Waals surface area contributed by atoms with Crippen molar-refractivity contribution in [1.29, 1.82) is 5.26 Å². The highest BCUT2D eigenvalue weighted by Crippen LogP contribution is 2.22. The highest BCUT2D eigenvalue weighted by atomic mass is 16.5. The first kappa shape index (κ1) is 13.5. The zero-order chi connectivity index (χ0) is 14.7. The predicted octanol–water partition coefficient (Wildman–Crippen LogP) is 0.753. The molecule has 102 valence electrons. The molecule has 0 aliphatic heterocycles. The second kappa shape index (κ2) is 5.40. The molecule has 0 aliphatic rings. The first-order valence-corrected chi connectivity index (χ1v) is 5.91. The third-order valence-corrected chi connectivity index (χ3v) is 2.86. The number of nitriles is 1. The van der Waals surface area contributed by atoms with Gasteiger partial charge < -0.3 is 4.74 Å². The fourth-order valence-corrected chi connectivity index (χ4v) is 1.88. The summed E-state index contributed by atoms with van der Waals surface area (Å²) < 4.78 is 7.12. The van der Waals surface area contributed by atoms with Crippen LogP contribution in [0.15, 0.2) is 24.7 Å². The largest absolute Gasteiger partial charge is 0.465 e. The number of aryl methyl sites for hydroxylation is 1. The van der Waals surface area contributed by atoms with Crippen molar-refractivity contribution in [1.82, 2.24) is 9.78 Å². The van der Waals surface area contributed by atoms with Crippen LogP contribution in [0.4, 0.5) is 0 Å². The van der Waals surface area contributed by atoms with Crippen LogP contribution in [0.1, 0.15) is 22.8 Å². The van der Waals surface area contributed by atoms with Gasteiger partial charge in [0.2, 0.25) is 6.20 Å². The molecule has 0 bridgehead atoms. The van der Waals surface area contributed by atoms with E-state index in [1.807, 2.05) is 13.0 Å². The Bertz CT molecular complexity index is 700. The van der Waals surface area contributed by atoms with Crippen molar-refractivity contribution in [3.8, 4) is 17.3 Å². The summed E-state index contributed by atoms with van der Waals surface area (Å²) in [6, 6.07) is 3.26. The van der Waals surface area contributed by atoms with Gasteiger partial charge in [0, 0.05) is 23.5 Å². The highest BCUT2D eigenvalue weighted by molar-refractivity contribution is 5.97. The number of methoxy groups -OCH3 is 1. The van der Waals surface area contributed by atoms with Crippen LogP contribution < -0.4 is 4.73 Å². The van der Waals surface area contributed by atoms with E-state index in [1.54, 1.807) is 10.9 Å². The van der Waals surface area contributed by atoms with Crippen molar-refractivity contribution in [3.05, 3.63) is 35.8 Å². The van der Waals surface area contributed by atoms with Gasteiger partial charge in [-0.25, -0.2) is 4.79 Å². The van der Waals surface area contributed by atoms with Crippen molar-refractivity contribution in [2.45, 2.75) is 13.5 Å². The van der Waals surface area contributed by atoms with Crippen molar-refractivity contribution < 1.29 is 19.5 Å². The third kappa shape index (κ3) is 2.19. The average molecular weight is 273 g/mol. The molecule has 0 spiro atoms. The Hall–Kier alpha value is -2.88. The van der Waals surface area contributed by atoms with E-state index < -0.39 is 5.97 Å². The Morgan fingerprint density at radius 2 is 2.40 bits per heavy atom. The number of carbonyl (C=O) groups excluding carboxylic acids is 1. The normalized spacial score (nSPS) is 10.1. The number of rotatable bonds is 3. The minimum Gasteiger partial charge on any atom is -0.465 e. The molecule has 20 heavy (non-hydrogen) atoms. The van der Waals surface area contributed by atoms with Crippen LogP contribution >= 0.6 is 0 Å². The number of nitrogens with zero attached hydrogens (tertiary/aromatic N) is 4.